The molecule has 1 heterocycles. The van der Waals surface area contributed by atoms with Gasteiger partial charge < -0.3 is 4.90 Å². The first-order valence-corrected chi connectivity index (χ1v) is 5.28. The van der Waals surface area contributed by atoms with E-state index in [9.17, 15) is 9.18 Å². The summed E-state index contributed by atoms with van der Waals surface area (Å²) in [5.74, 6) is 0.815. The Balaban J connectivity index is 1.76. The van der Waals surface area contributed by atoms with E-state index in [4.69, 9.17) is 0 Å². The Labute approximate surface area is 87.7 Å². The third kappa shape index (κ3) is 1.42. The number of benzene rings is 1. The number of nitrogens with zero attached hydrogens (tertiary/aromatic N) is 1. The summed E-state index contributed by atoms with van der Waals surface area (Å²) >= 11 is 0. The van der Waals surface area contributed by atoms with Crippen molar-refractivity contribution in [2.75, 3.05) is 6.54 Å². The Hall–Kier alpha value is -1.38. The van der Waals surface area contributed by atoms with Gasteiger partial charge in [-0.05, 0) is 18.4 Å². The summed E-state index contributed by atoms with van der Waals surface area (Å²) in [5, 5.41) is 0. The molecule has 2 fully saturated rings. The summed E-state index contributed by atoms with van der Waals surface area (Å²) in [6.45, 7) is 1.25. The van der Waals surface area contributed by atoms with Crippen molar-refractivity contribution in [2.45, 2.75) is 13.0 Å². The van der Waals surface area contributed by atoms with Crippen LogP contribution in [-0.4, -0.2) is 17.4 Å². The van der Waals surface area contributed by atoms with Crippen molar-refractivity contribution in [2.24, 2.45) is 11.8 Å². The molecule has 1 amide bonds. The summed E-state index contributed by atoms with van der Waals surface area (Å²) in [7, 11) is 0. The fourth-order valence-corrected chi connectivity index (χ4v) is 2.33. The molecule has 0 N–H and O–H groups in total. The zero-order valence-corrected chi connectivity index (χ0v) is 8.32. The maximum absolute atomic E-state index is 13.3. The number of amides is 1. The van der Waals surface area contributed by atoms with Gasteiger partial charge in [0.2, 0.25) is 5.91 Å². The van der Waals surface area contributed by atoms with Crippen LogP contribution in [0, 0.1) is 17.7 Å². The minimum Gasteiger partial charge on any atom is -0.338 e. The molecule has 1 aromatic rings. The topological polar surface area (TPSA) is 20.3 Å². The molecule has 1 saturated carbocycles. The lowest BCUT2D eigenvalue weighted by molar-refractivity contribution is -0.130. The standard InChI is InChI=1S/C12H12FNO/c13-11-4-2-1-3-8(11)6-14-7-9-5-10(9)12(14)15/h1-4,9-10H,5-7H2. The number of rotatable bonds is 2. The lowest BCUT2D eigenvalue weighted by Crippen LogP contribution is -2.28. The fourth-order valence-electron chi connectivity index (χ4n) is 2.33. The zero-order chi connectivity index (χ0) is 10.4. The molecule has 0 bridgehead atoms. The fraction of sp³-hybridized carbons (Fsp3) is 0.417. The monoisotopic (exact) mass is 205 g/mol. The highest BCUT2D eigenvalue weighted by molar-refractivity contribution is 5.84. The minimum absolute atomic E-state index is 0.211. The number of hydrogen-bond donors (Lipinski definition) is 0. The maximum atomic E-state index is 13.3. The Morgan fingerprint density at radius 1 is 1.40 bits per heavy atom. The second-order valence-electron chi connectivity index (χ2n) is 4.41. The molecular weight excluding hydrogens is 193 g/mol. The summed E-state index contributed by atoms with van der Waals surface area (Å²) in [5.41, 5.74) is 0.618. The third-order valence-corrected chi connectivity index (χ3v) is 3.33. The Morgan fingerprint density at radius 2 is 2.20 bits per heavy atom. The molecule has 0 spiro atoms. The molecule has 78 valence electrons. The molecule has 1 aromatic carbocycles. The number of halogens is 1. The average molecular weight is 205 g/mol. The molecule has 15 heavy (non-hydrogen) atoms. The highest BCUT2D eigenvalue weighted by Gasteiger charge is 2.51. The van der Waals surface area contributed by atoms with Crippen LogP contribution in [0.2, 0.25) is 0 Å². The predicted molar refractivity (Wildman–Crippen MR) is 53.4 cm³/mol. The second kappa shape index (κ2) is 3.05. The van der Waals surface area contributed by atoms with Crippen LogP contribution in [-0.2, 0) is 11.3 Å². The molecule has 3 heteroatoms. The molecule has 0 radical (unpaired) electrons. The summed E-state index contributed by atoms with van der Waals surface area (Å²) in [6, 6.07) is 6.66. The lowest BCUT2D eigenvalue weighted by atomic mass is 10.2. The van der Waals surface area contributed by atoms with Crippen LogP contribution in [0.5, 0.6) is 0 Å². The number of carbonyl (C=O) groups excluding carboxylic acids is 1. The molecule has 2 aliphatic rings. The Bertz CT molecular complexity index is 418. The Kier molecular flexibility index (Phi) is 1.81. The average Bonchev–Trinajstić information content (AvgIpc) is 2.92. The van der Waals surface area contributed by atoms with E-state index in [0.717, 1.165) is 13.0 Å². The minimum atomic E-state index is -0.217. The molecule has 3 rings (SSSR count). The van der Waals surface area contributed by atoms with E-state index in [2.05, 4.69) is 0 Å². The van der Waals surface area contributed by atoms with Gasteiger partial charge in [-0.3, -0.25) is 4.79 Å². The van der Waals surface area contributed by atoms with E-state index in [0.29, 0.717) is 18.0 Å². The van der Waals surface area contributed by atoms with Crippen LogP contribution in [0.1, 0.15) is 12.0 Å². The van der Waals surface area contributed by atoms with Gasteiger partial charge in [0.05, 0.1) is 0 Å². The summed E-state index contributed by atoms with van der Waals surface area (Å²) < 4.78 is 13.3. The van der Waals surface area contributed by atoms with Crippen molar-refractivity contribution in [1.29, 1.82) is 0 Å². The highest BCUT2D eigenvalue weighted by atomic mass is 19.1. The van der Waals surface area contributed by atoms with Crippen LogP contribution < -0.4 is 0 Å². The van der Waals surface area contributed by atoms with Crippen molar-refractivity contribution in [1.82, 2.24) is 4.90 Å². The van der Waals surface area contributed by atoms with Crippen molar-refractivity contribution in [3.8, 4) is 0 Å². The first-order valence-electron chi connectivity index (χ1n) is 5.28. The Morgan fingerprint density at radius 3 is 2.87 bits per heavy atom. The van der Waals surface area contributed by atoms with Crippen LogP contribution in [0.4, 0.5) is 4.39 Å². The molecule has 1 aliphatic carbocycles. The molecule has 2 atom stereocenters. The van der Waals surface area contributed by atoms with E-state index in [-0.39, 0.29) is 17.6 Å². The molecule has 1 aliphatic heterocycles. The van der Waals surface area contributed by atoms with E-state index in [1.807, 2.05) is 0 Å². The number of carbonyl (C=O) groups is 1. The predicted octanol–water partition coefficient (Wildman–Crippen LogP) is 1.80. The lowest BCUT2D eigenvalue weighted by Gasteiger charge is -2.18. The van der Waals surface area contributed by atoms with Crippen LogP contribution in [0.25, 0.3) is 0 Å². The highest BCUT2D eigenvalue weighted by Crippen LogP contribution is 2.46. The third-order valence-electron chi connectivity index (χ3n) is 3.33. The van der Waals surface area contributed by atoms with Crippen molar-refractivity contribution in [3.05, 3.63) is 35.6 Å². The van der Waals surface area contributed by atoms with Gasteiger partial charge in [-0.1, -0.05) is 18.2 Å². The molecule has 1 saturated heterocycles. The maximum Gasteiger partial charge on any atom is 0.226 e. The van der Waals surface area contributed by atoms with Crippen LogP contribution in [0.3, 0.4) is 0 Å². The van der Waals surface area contributed by atoms with Gasteiger partial charge in [0.25, 0.3) is 0 Å². The van der Waals surface area contributed by atoms with E-state index < -0.39 is 0 Å². The summed E-state index contributed by atoms with van der Waals surface area (Å²) in [6.07, 6.45) is 1.05. The number of fused-ring (bicyclic) bond motifs is 1. The van der Waals surface area contributed by atoms with Gasteiger partial charge >= 0.3 is 0 Å². The molecular formula is C12H12FNO. The molecule has 2 unspecified atom stereocenters. The van der Waals surface area contributed by atoms with Gasteiger partial charge in [0.15, 0.2) is 0 Å². The zero-order valence-electron chi connectivity index (χ0n) is 8.32. The number of hydrogen-bond acceptors (Lipinski definition) is 1. The number of piperidine rings is 1. The first kappa shape index (κ1) is 8.89. The van der Waals surface area contributed by atoms with Crippen molar-refractivity contribution in [3.63, 3.8) is 0 Å². The first-order chi connectivity index (χ1) is 7.25. The van der Waals surface area contributed by atoms with E-state index in [1.165, 1.54) is 6.07 Å². The second-order valence-corrected chi connectivity index (χ2v) is 4.41. The van der Waals surface area contributed by atoms with Crippen LogP contribution in [0.15, 0.2) is 24.3 Å². The van der Waals surface area contributed by atoms with Crippen LogP contribution >= 0.6 is 0 Å². The van der Waals surface area contributed by atoms with Gasteiger partial charge in [-0.15, -0.1) is 0 Å². The summed E-state index contributed by atoms with van der Waals surface area (Å²) in [4.78, 5) is 13.4. The molecule has 2 nitrogen and oxygen atoms in total. The normalized spacial score (nSPS) is 28.1. The quantitative estimate of drug-likeness (QED) is 0.721. The molecule has 0 aromatic heterocycles. The van der Waals surface area contributed by atoms with Gasteiger partial charge in [0, 0.05) is 24.6 Å². The van der Waals surface area contributed by atoms with Crippen molar-refractivity contribution >= 4 is 5.91 Å². The van der Waals surface area contributed by atoms with Gasteiger partial charge in [0.1, 0.15) is 5.82 Å². The van der Waals surface area contributed by atoms with E-state index >= 15 is 0 Å². The largest absolute Gasteiger partial charge is 0.338 e. The van der Waals surface area contributed by atoms with E-state index in [1.54, 1.807) is 23.1 Å². The smallest absolute Gasteiger partial charge is 0.226 e. The van der Waals surface area contributed by atoms with Gasteiger partial charge in [-0.25, -0.2) is 4.39 Å². The number of likely N-dealkylation sites (tertiary alicyclic amines) is 1. The van der Waals surface area contributed by atoms with Gasteiger partial charge in [-0.2, -0.15) is 0 Å². The van der Waals surface area contributed by atoms with Crippen molar-refractivity contribution < 1.29 is 9.18 Å². The SMILES string of the molecule is O=C1C2CC2CN1Cc1ccccc1F.